The Morgan fingerprint density at radius 1 is 1.05 bits per heavy atom. The van der Waals surface area contributed by atoms with E-state index in [1.165, 1.54) is 11.1 Å². The number of nitrogens with two attached hydrogens (primary N) is 1. The number of aryl methyl sites for hydroxylation is 1. The minimum absolute atomic E-state index is 0.652. The molecule has 100 valence electrons. The fourth-order valence-corrected chi connectivity index (χ4v) is 2.10. The van der Waals surface area contributed by atoms with Crippen LogP contribution in [0.25, 0.3) is 11.4 Å². The van der Waals surface area contributed by atoms with Gasteiger partial charge in [0, 0.05) is 11.3 Å². The molecular weight excluding hydrogens is 250 g/mol. The zero-order chi connectivity index (χ0) is 13.9. The van der Waals surface area contributed by atoms with Crippen LogP contribution in [0.15, 0.2) is 48.5 Å². The lowest BCUT2D eigenvalue weighted by Gasteiger charge is -2.07. The zero-order valence-electron chi connectivity index (χ0n) is 11.2. The molecule has 3 aromatic rings. The average Bonchev–Trinajstić information content (AvgIpc) is 2.90. The molecule has 0 aliphatic carbocycles. The summed E-state index contributed by atoms with van der Waals surface area (Å²) in [4.78, 5) is 0. The minimum atomic E-state index is 0.652. The van der Waals surface area contributed by atoms with Crippen molar-refractivity contribution in [3.05, 3.63) is 59.7 Å². The molecule has 0 unspecified atom stereocenters. The number of aromatic nitrogens is 4. The van der Waals surface area contributed by atoms with Gasteiger partial charge in [-0.2, -0.15) is 0 Å². The van der Waals surface area contributed by atoms with E-state index in [-0.39, 0.29) is 0 Å². The molecule has 0 saturated carbocycles. The van der Waals surface area contributed by atoms with Crippen molar-refractivity contribution in [2.75, 3.05) is 5.73 Å². The maximum absolute atomic E-state index is 5.70. The Labute approximate surface area is 117 Å². The summed E-state index contributed by atoms with van der Waals surface area (Å²) < 4.78 is 1.80. The van der Waals surface area contributed by atoms with Gasteiger partial charge in [-0.1, -0.05) is 24.3 Å². The topological polar surface area (TPSA) is 69.6 Å². The van der Waals surface area contributed by atoms with Gasteiger partial charge in [-0.25, -0.2) is 4.68 Å². The Morgan fingerprint density at radius 3 is 2.55 bits per heavy atom. The quantitative estimate of drug-likeness (QED) is 0.738. The van der Waals surface area contributed by atoms with E-state index >= 15 is 0 Å². The Kier molecular flexibility index (Phi) is 3.16. The number of hydrogen-bond acceptors (Lipinski definition) is 4. The number of nitrogen functional groups attached to an aromatic ring is 1. The van der Waals surface area contributed by atoms with Gasteiger partial charge in [-0.05, 0) is 52.7 Å². The third-order valence-electron chi connectivity index (χ3n) is 3.28. The van der Waals surface area contributed by atoms with Gasteiger partial charge in [0.1, 0.15) is 0 Å². The molecule has 0 aliphatic rings. The average molecular weight is 265 g/mol. The molecule has 0 atom stereocenters. The molecule has 0 amide bonds. The third kappa shape index (κ3) is 2.38. The minimum Gasteiger partial charge on any atom is -0.399 e. The molecule has 0 bridgehead atoms. The summed E-state index contributed by atoms with van der Waals surface area (Å²) in [6.45, 7) is 2.74. The summed E-state index contributed by atoms with van der Waals surface area (Å²) in [7, 11) is 0. The summed E-state index contributed by atoms with van der Waals surface area (Å²) in [6.07, 6.45) is 0. The van der Waals surface area contributed by atoms with Crippen molar-refractivity contribution >= 4 is 5.69 Å². The summed E-state index contributed by atoms with van der Waals surface area (Å²) in [5.74, 6) is 0.744. The third-order valence-corrected chi connectivity index (χ3v) is 3.28. The Hall–Kier alpha value is -2.69. The predicted molar refractivity (Wildman–Crippen MR) is 77.9 cm³/mol. The molecule has 0 radical (unpaired) electrons. The first-order valence-electron chi connectivity index (χ1n) is 6.40. The Morgan fingerprint density at radius 2 is 1.80 bits per heavy atom. The Balaban J connectivity index is 1.95. The fraction of sp³-hybridized carbons (Fsp3) is 0.133. The van der Waals surface area contributed by atoms with Crippen LogP contribution in [0.1, 0.15) is 11.1 Å². The van der Waals surface area contributed by atoms with E-state index < -0.39 is 0 Å². The van der Waals surface area contributed by atoms with Gasteiger partial charge in [0.25, 0.3) is 0 Å². The second-order valence-electron chi connectivity index (χ2n) is 4.71. The summed E-state index contributed by atoms with van der Waals surface area (Å²) in [5.41, 5.74) is 9.82. The molecule has 2 aromatic carbocycles. The fourth-order valence-electron chi connectivity index (χ4n) is 2.10. The molecule has 5 nitrogen and oxygen atoms in total. The number of tetrazole rings is 1. The van der Waals surface area contributed by atoms with Crippen LogP contribution in [0.3, 0.4) is 0 Å². The summed E-state index contributed by atoms with van der Waals surface area (Å²) in [5, 5.41) is 12.0. The number of benzene rings is 2. The first-order valence-corrected chi connectivity index (χ1v) is 6.40. The van der Waals surface area contributed by atoms with Crippen molar-refractivity contribution in [3.63, 3.8) is 0 Å². The van der Waals surface area contributed by atoms with E-state index in [4.69, 9.17) is 5.73 Å². The van der Waals surface area contributed by atoms with E-state index in [2.05, 4.69) is 34.6 Å². The standard InChI is InChI=1S/C15H15N5/c1-11-4-2-3-5-13(11)10-20-15(17-18-19-20)12-6-8-14(16)9-7-12/h2-9H,10,16H2,1H3. The van der Waals surface area contributed by atoms with E-state index in [0.29, 0.717) is 6.54 Å². The molecule has 0 aliphatic heterocycles. The van der Waals surface area contributed by atoms with Gasteiger partial charge >= 0.3 is 0 Å². The number of rotatable bonds is 3. The smallest absolute Gasteiger partial charge is 0.182 e. The number of hydrogen-bond donors (Lipinski definition) is 1. The highest BCUT2D eigenvalue weighted by Crippen LogP contribution is 2.19. The van der Waals surface area contributed by atoms with Crippen molar-refractivity contribution < 1.29 is 0 Å². The Bertz CT molecular complexity index is 715. The molecule has 1 heterocycles. The number of nitrogens with zero attached hydrogens (tertiary/aromatic N) is 4. The molecule has 2 N–H and O–H groups in total. The normalized spacial score (nSPS) is 10.7. The largest absolute Gasteiger partial charge is 0.399 e. The highest BCUT2D eigenvalue weighted by Gasteiger charge is 2.09. The first kappa shape index (κ1) is 12.3. The summed E-state index contributed by atoms with van der Waals surface area (Å²) >= 11 is 0. The van der Waals surface area contributed by atoms with Crippen molar-refractivity contribution in [1.29, 1.82) is 0 Å². The zero-order valence-corrected chi connectivity index (χ0v) is 11.2. The molecule has 20 heavy (non-hydrogen) atoms. The first-order chi connectivity index (χ1) is 9.74. The van der Waals surface area contributed by atoms with E-state index in [1.807, 2.05) is 36.4 Å². The molecule has 0 saturated heterocycles. The lowest BCUT2D eigenvalue weighted by Crippen LogP contribution is -2.05. The van der Waals surface area contributed by atoms with Gasteiger partial charge < -0.3 is 5.73 Å². The van der Waals surface area contributed by atoms with Crippen LogP contribution in [0.2, 0.25) is 0 Å². The van der Waals surface area contributed by atoms with Crippen molar-refractivity contribution in [3.8, 4) is 11.4 Å². The lowest BCUT2D eigenvalue weighted by atomic mass is 10.1. The van der Waals surface area contributed by atoms with Crippen LogP contribution in [0, 0.1) is 6.92 Å². The van der Waals surface area contributed by atoms with E-state index in [1.54, 1.807) is 4.68 Å². The summed E-state index contributed by atoms with van der Waals surface area (Å²) in [6, 6.07) is 15.8. The van der Waals surface area contributed by atoms with Gasteiger partial charge in [-0.15, -0.1) is 5.10 Å². The van der Waals surface area contributed by atoms with Gasteiger partial charge in [-0.3, -0.25) is 0 Å². The van der Waals surface area contributed by atoms with Gasteiger partial charge in [0.15, 0.2) is 5.82 Å². The van der Waals surface area contributed by atoms with Gasteiger partial charge in [0.2, 0.25) is 0 Å². The maximum Gasteiger partial charge on any atom is 0.182 e. The van der Waals surface area contributed by atoms with Crippen molar-refractivity contribution in [2.45, 2.75) is 13.5 Å². The second kappa shape index (κ2) is 5.13. The molecule has 0 spiro atoms. The van der Waals surface area contributed by atoms with E-state index in [0.717, 1.165) is 17.1 Å². The molecular formula is C15H15N5. The molecule has 3 rings (SSSR count). The lowest BCUT2D eigenvalue weighted by molar-refractivity contribution is 0.651. The molecule has 5 heteroatoms. The van der Waals surface area contributed by atoms with Crippen LogP contribution >= 0.6 is 0 Å². The van der Waals surface area contributed by atoms with Crippen LogP contribution in [0.5, 0.6) is 0 Å². The second-order valence-corrected chi connectivity index (χ2v) is 4.71. The van der Waals surface area contributed by atoms with Crippen molar-refractivity contribution in [2.24, 2.45) is 0 Å². The van der Waals surface area contributed by atoms with Crippen LogP contribution in [-0.2, 0) is 6.54 Å². The van der Waals surface area contributed by atoms with Crippen LogP contribution in [-0.4, -0.2) is 20.2 Å². The van der Waals surface area contributed by atoms with Crippen molar-refractivity contribution in [1.82, 2.24) is 20.2 Å². The monoisotopic (exact) mass is 265 g/mol. The number of anilines is 1. The SMILES string of the molecule is Cc1ccccc1Cn1nnnc1-c1ccc(N)cc1. The van der Waals surface area contributed by atoms with Crippen LogP contribution in [0.4, 0.5) is 5.69 Å². The van der Waals surface area contributed by atoms with Gasteiger partial charge in [0.05, 0.1) is 6.54 Å². The molecule has 1 aromatic heterocycles. The predicted octanol–water partition coefficient (Wildman–Crippen LogP) is 2.28. The maximum atomic E-state index is 5.70. The molecule has 0 fully saturated rings. The van der Waals surface area contributed by atoms with E-state index in [9.17, 15) is 0 Å². The van der Waals surface area contributed by atoms with Crippen LogP contribution < -0.4 is 5.73 Å². The highest BCUT2D eigenvalue weighted by atomic mass is 15.5. The highest BCUT2D eigenvalue weighted by molar-refractivity contribution is 5.58.